The van der Waals surface area contributed by atoms with Gasteiger partial charge in [-0.1, -0.05) is 18.2 Å². The monoisotopic (exact) mass is 256 g/mol. The van der Waals surface area contributed by atoms with Gasteiger partial charge in [0.15, 0.2) is 5.76 Å². The maximum absolute atomic E-state index is 12.3. The van der Waals surface area contributed by atoms with E-state index in [4.69, 9.17) is 4.42 Å². The van der Waals surface area contributed by atoms with Gasteiger partial charge in [0.2, 0.25) is 5.78 Å². The van der Waals surface area contributed by atoms with Crippen LogP contribution in [0, 0.1) is 13.8 Å². The molecule has 2 aromatic heterocycles. The molecule has 2 nitrogen and oxygen atoms in total. The molecule has 0 unspecified atom stereocenters. The molecule has 2 heterocycles. The highest BCUT2D eigenvalue weighted by Crippen LogP contribution is 2.28. The van der Waals surface area contributed by atoms with Crippen LogP contribution in [0.5, 0.6) is 0 Å². The fourth-order valence-electron chi connectivity index (χ4n) is 1.90. The number of hydrogen-bond acceptors (Lipinski definition) is 3. The van der Waals surface area contributed by atoms with Gasteiger partial charge in [0, 0.05) is 4.70 Å². The van der Waals surface area contributed by atoms with Crippen molar-refractivity contribution in [3.8, 4) is 0 Å². The van der Waals surface area contributed by atoms with Crippen LogP contribution in [0.4, 0.5) is 0 Å². The summed E-state index contributed by atoms with van der Waals surface area (Å²) in [7, 11) is 0. The van der Waals surface area contributed by atoms with Crippen molar-refractivity contribution in [3.05, 3.63) is 58.4 Å². The van der Waals surface area contributed by atoms with E-state index in [1.807, 2.05) is 50.2 Å². The summed E-state index contributed by atoms with van der Waals surface area (Å²) in [5.74, 6) is 1.20. The molecule has 0 fully saturated rings. The standard InChI is InChI=1S/C15H12O2S/c1-9-7-12(17-10(9)2)15(16)14-8-11-5-3-4-6-13(11)18-14/h3-8H,1-2H3. The molecule has 0 N–H and O–H groups in total. The molecule has 0 atom stereocenters. The lowest BCUT2D eigenvalue weighted by Crippen LogP contribution is -1.95. The summed E-state index contributed by atoms with van der Waals surface area (Å²) in [5, 5.41) is 1.10. The van der Waals surface area contributed by atoms with Crippen LogP contribution in [0.25, 0.3) is 10.1 Å². The summed E-state index contributed by atoms with van der Waals surface area (Å²) in [6.07, 6.45) is 0. The first-order valence-electron chi connectivity index (χ1n) is 5.75. The molecule has 0 aliphatic carbocycles. The van der Waals surface area contributed by atoms with Crippen LogP contribution in [-0.2, 0) is 0 Å². The maximum Gasteiger partial charge on any atom is 0.238 e. The predicted octanol–water partition coefficient (Wildman–Crippen LogP) is 4.34. The molecule has 3 heteroatoms. The Morgan fingerprint density at radius 2 is 1.94 bits per heavy atom. The Hall–Kier alpha value is -1.87. The van der Waals surface area contributed by atoms with Crippen LogP contribution in [0.3, 0.4) is 0 Å². The third-order valence-corrected chi connectivity index (χ3v) is 4.15. The number of ketones is 1. The zero-order chi connectivity index (χ0) is 12.7. The smallest absolute Gasteiger partial charge is 0.238 e. The molecular weight excluding hydrogens is 244 g/mol. The number of rotatable bonds is 2. The van der Waals surface area contributed by atoms with E-state index in [9.17, 15) is 4.79 Å². The van der Waals surface area contributed by atoms with E-state index in [0.717, 1.165) is 26.3 Å². The van der Waals surface area contributed by atoms with Crippen LogP contribution < -0.4 is 0 Å². The van der Waals surface area contributed by atoms with Crippen molar-refractivity contribution in [1.29, 1.82) is 0 Å². The van der Waals surface area contributed by atoms with Gasteiger partial charge in [-0.25, -0.2) is 0 Å². The van der Waals surface area contributed by atoms with E-state index < -0.39 is 0 Å². The van der Waals surface area contributed by atoms with E-state index in [1.54, 1.807) is 0 Å². The highest BCUT2D eigenvalue weighted by molar-refractivity contribution is 7.21. The molecule has 0 spiro atoms. The van der Waals surface area contributed by atoms with E-state index in [0.29, 0.717) is 5.76 Å². The average Bonchev–Trinajstić information content (AvgIpc) is 2.93. The lowest BCUT2D eigenvalue weighted by atomic mass is 10.2. The van der Waals surface area contributed by atoms with Crippen molar-refractivity contribution >= 4 is 27.2 Å². The molecule has 18 heavy (non-hydrogen) atoms. The minimum absolute atomic E-state index is 0.0348. The van der Waals surface area contributed by atoms with Gasteiger partial charge in [-0.3, -0.25) is 4.79 Å². The third-order valence-electron chi connectivity index (χ3n) is 3.04. The number of thiophene rings is 1. The zero-order valence-corrected chi connectivity index (χ0v) is 11.0. The normalized spacial score (nSPS) is 11.0. The summed E-state index contributed by atoms with van der Waals surface area (Å²) in [5.41, 5.74) is 1.01. The van der Waals surface area contributed by atoms with Gasteiger partial charge >= 0.3 is 0 Å². The van der Waals surface area contributed by atoms with Gasteiger partial charge < -0.3 is 4.42 Å². The number of benzene rings is 1. The second-order valence-electron chi connectivity index (χ2n) is 4.33. The largest absolute Gasteiger partial charge is 0.458 e. The van der Waals surface area contributed by atoms with Crippen LogP contribution >= 0.6 is 11.3 Å². The van der Waals surface area contributed by atoms with Gasteiger partial charge in [0.05, 0.1) is 4.88 Å². The summed E-state index contributed by atoms with van der Waals surface area (Å²) in [6, 6.07) is 11.7. The zero-order valence-electron chi connectivity index (χ0n) is 10.2. The first kappa shape index (κ1) is 11.2. The van der Waals surface area contributed by atoms with Gasteiger partial charge in [-0.2, -0.15) is 0 Å². The molecule has 0 amide bonds. The van der Waals surface area contributed by atoms with Crippen LogP contribution in [0.2, 0.25) is 0 Å². The average molecular weight is 256 g/mol. The fraction of sp³-hybridized carbons (Fsp3) is 0.133. The number of furan rings is 1. The molecule has 1 aromatic carbocycles. The van der Waals surface area contributed by atoms with Crippen LogP contribution in [-0.4, -0.2) is 5.78 Å². The van der Waals surface area contributed by atoms with Crippen molar-refractivity contribution in [2.45, 2.75) is 13.8 Å². The maximum atomic E-state index is 12.3. The Morgan fingerprint density at radius 1 is 1.17 bits per heavy atom. The molecule has 0 bridgehead atoms. The minimum atomic E-state index is -0.0348. The van der Waals surface area contributed by atoms with Gasteiger partial charge in [0.1, 0.15) is 5.76 Å². The molecule has 3 aromatic rings. The molecule has 0 aliphatic heterocycles. The van der Waals surface area contributed by atoms with E-state index in [2.05, 4.69) is 0 Å². The lowest BCUT2D eigenvalue weighted by molar-refractivity contribution is 0.101. The van der Waals surface area contributed by atoms with Crippen molar-refractivity contribution in [2.75, 3.05) is 0 Å². The Kier molecular flexibility index (Phi) is 2.56. The predicted molar refractivity (Wildman–Crippen MR) is 73.4 cm³/mol. The van der Waals surface area contributed by atoms with Gasteiger partial charge in [-0.05, 0) is 43.0 Å². The van der Waals surface area contributed by atoms with Gasteiger partial charge in [0.25, 0.3) is 0 Å². The highest BCUT2D eigenvalue weighted by Gasteiger charge is 2.17. The number of fused-ring (bicyclic) bond motifs is 1. The summed E-state index contributed by atoms with van der Waals surface area (Å²) in [4.78, 5) is 13.0. The molecule has 0 radical (unpaired) electrons. The quantitative estimate of drug-likeness (QED) is 0.638. The second kappa shape index (κ2) is 4.10. The highest BCUT2D eigenvalue weighted by atomic mass is 32.1. The number of carbonyl (C=O) groups excluding carboxylic acids is 1. The van der Waals surface area contributed by atoms with Gasteiger partial charge in [-0.15, -0.1) is 11.3 Å². The Balaban J connectivity index is 2.06. The molecule has 0 aliphatic rings. The topological polar surface area (TPSA) is 30.2 Å². The minimum Gasteiger partial charge on any atom is -0.458 e. The van der Waals surface area contributed by atoms with E-state index in [-0.39, 0.29) is 5.78 Å². The Labute approximate surface area is 109 Å². The molecule has 0 saturated heterocycles. The van der Waals surface area contributed by atoms with Crippen LogP contribution in [0.1, 0.15) is 26.8 Å². The van der Waals surface area contributed by atoms with Crippen molar-refractivity contribution in [2.24, 2.45) is 0 Å². The summed E-state index contributed by atoms with van der Waals surface area (Å²) < 4.78 is 6.61. The number of hydrogen-bond donors (Lipinski definition) is 0. The number of carbonyl (C=O) groups is 1. The van der Waals surface area contributed by atoms with Crippen LogP contribution in [0.15, 0.2) is 40.8 Å². The Morgan fingerprint density at radius 3 is 2.61 bits per heavy atom. The number of aryl methyl sites for hydroxylation is 2. The van der Waals surface area contributed by atoms with Crippen molar-refractivity contribution < 1.29 is 9.21 Å². The second-order valence-corrected chi connectivity index (χ2v) is 5.41. The van der Waals surface area contributed by atoms with E-state index >= 15 is 0 Å². The first-order valence-corrected chi connectivity index (χ1v) is 6.57. The molecule has 90 valence electrons. The third kappa shape index (κ3) is 1.77. The van der Waals surface area contributed by atoms with Crippen molar-refractivity contribution in [1.82, 2.24) is 0 Å². The summed E-state index contributed by atoms with van der Waals surface area (Å²) in [6.45, 7) is 3.82. The fourth-order valence-corrected chi connectivity index (χ4v) is 2.91. The lowest BCUT2D eigenvalue weighted by Gasteiger charge is -1.91. The van der Waals surface area contributed by atoms with Crippen molar-refractivity contribution in [3.63, 3.8) is 0 Å². The molecule has 0 saturated carbocycles. The Bertz CT molecular complexity index is 681. The first-order chi connectivity index (χ1) is 8.65. The molecular formula is C15H12O2S. The molecule has 3 rings (SSSR count). The SMILES string of the molecule is Cc1cc(C(=O)c2cc3ccccc3s2)oc1C. The summed E-state index contributed by atoms with van der Waals surface area (Å²) >= 11 is 1.51. The van der Waals surface area contributed by atoms with E-state index in [1.165, 1.54) is 11.3 Å².